The van der Waals surface area contributed by atoms with E-state index in [1.807, 2.05) is 29.2 Å². The predicted octanol–water partition coefficient (Wildman–Crippen LogP) is 2.59. The highest BCUT2D eigenvalue weighted by Crippen LogP contribution is 2.27. The maximum atomic E-state index is 12.6. The number of nitrogens with zero attached hydrogens (tertiary/aromatic N) is 4. The summed E-state index contributed by atoms with van der Waals surface area (Å²) in [5.41, 5.74) is 1.08. The highest BCUT2D eigenvalue weighted by molar-refractivity contribution is 6.30. The number of benzene rings is 1. The predicted molar refractivity (Wildman–Crippen MR) is 111 cm³/mol. The van der Waals surface area contributed by atoms with Gasteiger partial charge in [-0.25, -0.2) is 4.79 Å². The lowest BCUT2D eigenvalue weighted by atomic mass is 10.0. The minimum Gasteiger partial charge on any atom is -0.368 e. The maximum absolute atomic E-state index is 12.6. The molecule has 156 valence electrons. The van der Waals surface area contributed by atoms with Crippen molar-refractivity contribution < 1.29 is 14.4 Å². The molecular formula is C21H27ClN4O3. The topological polar surface area (TPSA) is 64.2 Å². The molecule has 0 saturated carbocycles. The zero-order valence-electron chi connectivity index (χ0n) is 16.6. The Kier molecular flexibility index (Phi) is 5.94. The minimum absolute atomic E-state index is 0.0858. The van der Waals surface area contributed by atoms with Crippen LogP contribution < -0.4 is 4.90 Å². The molecule has 8 heteroatoms. The van der Waals surface area contributed by atoms with Crippen LogP contribution in [0, 0.1) is 0 Å². The van der Waals surface area contributed by atoms with Gasteiger partial charge in [-0.2, -0.15) is 0 Å². The molecule has 0 aromatic heterocycles. The fourth-order valence-corrected chi connectivity index (χ4v) is 4.67. The zero-order chi connectivity index (χ0) is 20.4. The van der Waals surface area contributed by atoms with Gasteiger partial charge in [0.2, 0.25) is 5.91 Å². The Bertz CT molecular complexity index is 770. The molecule has 1 unspecified atom stereocenters. The van der Waals surface area contributed by atoms with Crippen molar-refractivity contribution in [1.82, 2.24) is 14.7 Å². The molecule has 3 saturated heterocycles. The Labute approximate surface area is 176 Å². The second-order valence-electron chi connectivity index (χ2n) is 7.93. The van der Waals surface area contributed by atoms with Crippen LogP contribution in [0.4, 0.5) is 10.5 Å². The molecule has 0 radical (unpaired) electrons. The van der Waals surface area contributed by atoms with Crippen molar-refractivity contribution in [1.29, 1.82) is 0 Å². The molecule has 0 aliphatic carbocycles. The first-order valence-electron chi connectivity index (χ1n) is 10.4. The third-order valence-electron chi connectivity index (χ3n) is 6.11. The smallest absolute Gasteiger partial charge is 0.327 e. The molecule has 1 aromatic carbocycles. The number of piperidine rings is 1. The lowest BCUT2D eigenvalue weighted by molar-refractivity contribution is -0.132. The molecule has 3 fully saturated rings. The molecule has 1 aromatic rings. The number of piperazine rings is 1. The SMILES string of the molecule is O=C(CCCN1C(=O)C2CCCCN2C1=O)N1CCN(c2cccc(Cl)c2)CC1. The number of rotatable bonds is 5. The number of carbonyl (C=O) groups excluding carboxylic acids is 3. The summed E-state index contributed by atoms with van der Waals surface area (Å²) >= 11 is 6.07. The highest BCUT2D eigenvalue weighted by atomic mass is 35.5. The first-order valence-corrected chi connectivity index (χ1v) is 10.8. The van der Waals surface area contributed by atoms with E-state index < -0.39 is 0 Å². The molecule has 3 aliphatic heterocycles. The quantitative estimate of drug-likeness (QED) is 0.689. The van der Waals surface area contributed by atoms with E-state index in [0.29, 0.717) is 44.0 Å². The van der Waals surface area contributed by atoms with Crippen LogP contribution in [0.2, 0.25) is 5.02 Å². The number of carbonyl (C=O) groups is 3. The standard InChI is InChI=1S/C21H27ClN4O3/c22-16-5-3-6-17(15-16)23-11-13-24(14-12-23)19(27)8-4-10-26-20(28)18-7-1-2-9-25(18)21(26)29/h3,5-6,15,18H,1-2,4,7-14H2. The van der Waals surface area contributed by atoms with Crippen molar-refractivity contribution in [2.75, 3.05) is 44.2 Å². The van der Waals surface area contributed by atoms with Gasteiger partial charge < -0.3 is 14.7 Å². The molecule has 4 amide bonds. The number of fused-ring (bicyclic) bond motifs is 1. The van der Waals surface area contributed by atoms with E-state index in [1.165, 1.54) is 4.90 Å². The monoisotopic (exact) mass is 418 g/mol. The summed E-state index contributed by atoms with van der Waals surface area (Å²) in [6.45, 7) is 3.88. The number of hydrogen-bond acceptors (Lipinski definition) is 4. The maximum Gasteiger partial charge on any atom is 0.327 e. The van der Waals surface area contributed by atoms with Gasteiger partial charge in [0.05, 0.1) is 0 Å². The second-order valence-corrected chi connectivity index (χ2v) is 8.37. The Morgan fingerprint density at radius 2 is 1.86 bits per heavy atom. The van der Waals surface area contributed by atoms with E-state index >= 15 is 0 Å². The summed E-state index contributed by atoms with van der Waals surface area (Å²) in [4.78, 5) is 44.6. The van der Waals surface area contributed by atoms with Crippen molar-refractivity contribution in [3.8, 4) is 0 Å². The van der Waals surface area contributed by atoms with Gasteiger partial charge in [0.15, 0.2) is 0 Å². The largest absolute Gasteiger partial charge is 0.368 e. The van der Waals surface area contributed by atoms with E-state index in [0.717, 1.165) is 38.0 Å². The van der Waals surface area contributed by atoms with Crippen LogP contribution in [0.5, 0.6) is 0 Å². The van der Waals surface area contributed by atoms with Gasteiger partial charge in [0.25, 0.3) is 5.91 Å². The number of amides is 4. The number of anilines is 1. The molecule has 3 heterocycles. The molecule has 0 spiro atoms. The van der Waals surface area contributed by atoms with Crippen molar-refractivity contribution >= 4 is 35.1 Å². The van der Waals surface area contributed by atoms with Gasteiger partial charge in [0, 0.05) is 56.4 Å². The number of imide groups is 1. The average molecular weight is 419 g/mol. The lowest BCUT2D eigenvalue weighted by Crippen LogP contribution is -2.48. The summed E-state index contributed by atoms with van der Waals surface area (Å²) in [5.74, 6) is 0.00449. The Hall–Kier alpha value is -2.28. The first-order chi connectivity index (χ1) is 14.0. The van der Waals surface area contributed by atoms with Gasteiger partial charge in [0.1, 0.15) is 6.04 Å². The Morgan fingerprint density at radius 1 is 1.07 bits per heavy atom. The molecule has 3 aliphatic rings. The van der Waals surface area contributed by atoms with E-state index in [9.17, 15) is 14.4 Å². The molecule has 29 heavy (non-hydrogen) atoms. The van der Waals surface area contributed by atoms with Crippen LogP contribution in [-0.4, -0.2) is 77.9 Å². The third-order valence-corrected chi connectivity index (χ3v) is 6.34. The van der Waals surface area contributed by atoms with Crippen molar-refractivity contribution in [3.05, 3.63) is 29.3 Å². The number of hydrogen-bond donors (Lipinski definition) is 0. The normalized spacial score (nSPS) is 22.3. The highest BCUT2D eigenvalue weighted by Gasteiger charge is 2.45. The van der Waals surface area contributed by atoms with Crippen molar-refractivity contribution in [3.63, 3.8) is 0 Å². The molecule has 0 N–H and O–H groups in total. The van der Waals surface area contributed by atoms with E-state index in [-0.39, 0.29) is 23.9 Å². The number of halogens is 1. The van der Waals surface area contributed by atoms with Crippen LogP contribution in [0.25, 0.3) is 0 Å². The van der Waals surface area contributed by atoms with Gasteiger partial charge in [-0.1, -0.05) is 17.7 Å². The fraction of sp³-hybridized carbons (Fsp3) is 0.571. The van der Waals surface area contributed by atoms with Gasteiger partial charge in [-0.15, -0.1) is 0 Å². The summed E-state index contributed by atoms with van der Waals surface area (Å²) < 4.78 is 0. The van der Waals surface area contributed by atoms with Crippen LogP contribution in [-0.2, 0) is 9.59 Å². The molecule has 7 nitrogen and oxygen atoms in total. The van der Waals surface area contributed by atoms with Crippen LogP contribution in [0.3, 0.4) is 0 Å². The summed E-state index contributed by atoms with van der Waals surface area (Å²) in [6.07, 6.45) is 3.60. The van der Waals surface area contributed by atoms with Crippen LogP contribution in [0.1, 0.15) is 32.1 Å². The first kappa shape index (κ1) is 20.0. The second kappa shape index (κ2) is 8.61. The fourth-order valence-electron chi connectivity index (χ4n) is 4.49. The molecular weight excluding hydrogens is 392 g/mol. The summed E-state index contributed by atoms with van der Waals surface area (Å²) in [5, 5.41) is 0.711. The Balaban J connectivity index is 1.23. The molecule has 4 rings (SSSR count). The van der Waals surface area contributed by atoms with Crippen molar-refractivity contribution in [2.24, 2.45) is 0 Å². The zero-order valence-corrected chi connectivity index (χ0v) is 17.3. The van der Waals surface area contributed by atoms with Gasteiger partial charge >= 0.3 is 6.03 Å². The minimum atomic E-state index is -0.272. The van der Waals surface area contributed by atoms with Crippen LogP contribution >= 0.6 is 11.6 Å². The average Bonchev–Trinajstić information content (AvgIpc) is 2.99. The third kappa shape index (κ3) is 4.20. The molecule has 1 atom stereocenters. The summed E-state index contributed by atoms with van der Waals surface area (Å²) in [7, 11) is 0. The van der Waals surface area contributed by atoms with Crippen molar-refractivity contribution in [2.45, 2.75) is 38.1 Å². The lowest BCUT2D eigenvalue weighted by Gasteiger charge is -2.36. The van der Waals surface area contributed by atoms with Crippen LogP contribution in [0.15, 0.2) is 24.3 Å². The molecule has 0 bridgehead atoms. The summed E-state index contributed by atoms with van der Waals surface area (Å²) in [6, 6.07) is 7.31. The number of urea groups is 1. The van der Waals surface area contributed by atoms with E-state index in [4.69, 9.17) is 11.6 Å². The Morgan fingerprint density at radius 3 is 2.59 bits per heavy atom. The van der Waals surface area contributed by atoms with Gasteiger partial charge in [-0.3, -0.25) is 14.5 Å². The van der Waals surface area contributed by atoms with E-state index in [2.05, 4.69) is 4.90 Å². The van der Waals surface area contributed by atoms with E-state index in [1.54, 1.807) is 4.90 Å². The van der Waals surface area contributed by atoms with Gasteiger partial charge in [-0.05, 0) is 43.9 Å².